The molecule has 3 rings (SSSR count). The Bertz CT molecular complexity index is 630. The number of pyridine rings is 1. The van der Waals surface area contributed by atoms with E-state index in [1.54, 1.807) is 18.3 Å². The van der Waals surface area contributed by atoms with Crippen LogP contribution in [0.2, 0.25) is 0 Å². The first-order chi connectivity index (χ1) is 9.57. The fourth-order valence-corrected chi connectivity index (χ4v) is 2.11. The summed E-state index contributed by atoms with van der Waals surface area (Å²) in [4.78, 5) is 19.4. The van der Waals surface area contributed by atoms with Gasteiger partial charge in [0.05, 0.1) is 17.4 Å². The van der Waals surface area contributed by atoms with Crippen molar-refractivity contribution in [1.82, 2.24) is 15.1 Å². The first-order valence-corrected chi connectivity index (χ1v) is 6.44. The summed E-state index contributed by atoms with van der Waals surface area (Å²) in [5, 5.41) is 6.58. The molecule has 104 valence electrons. The Morgan fingerprint density at radius 3 is 2.80 bits per heavy atom. The van der Waals surface area contributed by atoms with E-state index in [1.807, 2.05) is 0 Å². The van der Waals surface area contributed by atoms with Crippen molar-refractivity contribution in [3.8, 4) is 11.6 Å². The van der Waals surface area contributed by atoms with E-state index in [4.69, 9.17) is 10.3 Å². The third-order valence-electron chi connectivity index (χ3n) is 3.42. The number of rotatable bonds is 3. The van der Waals surface area contributed by atoms with Gasteiger partial charge in [0.25, 0.3) is 5.89 Å². The Morgan fingerprint density at radius 1 is 1.45 bits per heavy atom. The van der Waals surface area contributed by atoms with E-state index in [1.165, 1.54) is 6.92 Å². The number of carbonyl (C=O) groups excluding carboxylic acids is 1. The van der Waals surface area contributed by atoms with Gasteiger partial charge in [0.2, 0.25) is 5.91 Å². The van der Waals surface area contributed by atoms with Gasteiger partial charge in [0.15, 0.2) is 5.82 Å². The van der Waals surface area contributed by atoms with E-state index in [0.717, 1.165) is 19.3 Å². The normalized spacial score (nSPS) is 16.5. The summed E-state index contributed by atoms with van der Waals surface area (Å²) in [5.74, 6) is 0.729. The monoisotopic (exact) mass is 273 g/mol. The van der Waals surface area contributed by atoms with Gasteiger partial charge >= 0.3 is 0 Å². The molecule has 1 aliphatic carbocycles. The van der Waals surface area contributed by atoms with Crippen LogP contribution in [-0.4, -0.2) is 21.0 Å². The van der Waals surface area contributed by atoms with E-state index in [9.17, 15) is 4.79 Å². The van der Waals surface area contributed by atoms with Crippen LogP contribution in [0.15, 0.2) is 22.9 Å². The van der Waals surface area contributed by atoms with Gasteiger partial charge < -0.3 is 15.6 Å². The Balaban J connectivity index is 1.81. The molecule has 2 aromatic rings. The second kappa shape index (κ2) is 4.68. The molecule has 7 heteroatoms. The van der Waals surface area contributed by atoms with Crippen LogP contribution in [0.4, 0.5) is 5.69 Å². The average Bonchev–Trinajstić information content (AvgIpc) is 2.86. The van der Waals surface area contributed by atoms with Crippen molar-refractivity contribution in [3.05, 3.63) is 24.2 Å². The lowest BCUT2D eigenvalue weighted by molar-refractivity contribution is -0.114. The molecule has 0 unspecified atom stereocenters. The number of hydrogen-bond acceptors (Lipinski definition) is 6. The first-order valence-electron chi connectivity index (χ1n) is 6.44. The van der Waals surface area contributed by atoms with Crippen molar-refractivity contribution in [2.75, 3.05) is 5.32 Å². The van der Waals surface area contributed by atoms with Crippen LogP contribution < -0.4 is 11.1 Å². The maximum absolute atomic E-state index is 10.9. The second-order valence-electron chi connectivity index (χ2n) is 5.05. The van der Waals surface area contributed by atoms with Crippen LogP contribution in [-0.2, 0) is 10.3 Å². The lowest BCUT2D eigenvalue weighted by Crippen LogP contribution is -2.44. The van der Waals surface area contributed by atoms with Gasteiger partial charge in [-0.25, -0.2) is 4.98 Å². The molecule has 1 fully saturated rings. The van der Waals surface area contributed by atoms with Crippen molar-refractivity contribution in [1.29, 1.82) is 0 Å². The average molecular weight is 273 g/mol. The van der Waals surface area contributed by atoms with Gasteiger partial charge in [0.1, 0.15) is 5.69 Å². The summed E-state index contributed by atoms with van der Waals surface area (Å²) >= 11 is 0. The van der Waals surface area contributed by atoms with Crippen molar-refractivity contribution >= 4 is 11.6 Å². The zero-order valence-electron chi connectivity index (χ0n) is 11.1. The van der Waals surface area contributed by atoms with E-state index in [2.05, 4.69) is 20.4 Å². The lowest BCUT2D eigenvalue weighted by atomic mass is 9.77. The zero-order valence-corrected chi connectivity index (χ0v) is 11.1. The molecule has 0 aliphatic heterocycles. The summed E-state index contributed by atoms with van der Waals surface area (Å²) in [5.41, 5.74) is 6.87. The summed E-state index contributed by atoms with van der Waals surface area (Å²) in [7, 11) is 0. The van der Waals surface area contributed by atoms with Crippen LogP contribution in [0.5, 0.6) is 0 Å². The minimum atomic E-state index is -0.447. The maximum atomic E-state index is 10.9. The SMILES string of the molecule is CC(=O)Nc1ccc(-c2nc(C3(N)CCC3)no2)nc1. The van der Waals surface area contributed by atoms with Gasteiger partial charge in [0, 0.05) is 6.92 Å². The number of carbonyl (C=O) groups is 1. The molecule has 20 heavy (non-hydrogen) atoms. The lowest BCUT2D eigenvalue weighted by Gasteiger charge is -2.34. The summed E-state index contributed by atoms with van der Waals surface area (Å²) in [6.45, 7) is 1.44. The molecule has 1 aliphatic rings. The fourth-order valence-electron chi connectivity index (χ4n) is 2.11. The fraction of sp³-hybridized carbons (Fsp3) is 0.385. The Hall–Kier alpha value is -2.28. The van der Waals surface area contributed by atoms with E-state index < -0.39 is 5.54 Å². The number of nitrogens with two attached hydrogens (primary N) is 1. The van der Waals surface area contributed by atoms with E-state index >= 15 is 0 Å². The number of amides is 1. The minimum absolute atomic E-state index is 0.144. The highest BCUT2D eigenvalue weighted by atomic mass is 16.5. The summed E-state index contributed by atoms with van der Waals surface area (Å²) in [6.07, 6.45) is 4.38. The van der Waals surface area contributed by atoms with Crippen LogP contribution in [0.1, 0.15) is 32.0 Å². The zero-order chi connectivity index (χ0) is 14.2. The molecule has 1 saturated carbocycles. The molecule has 0 aromatic carbocycles. The van der Waals surface area contributed by atoms with Crippen molar-refractivity contribution in [2.24, 2.45) is 5.73 Å². The van der Waals surface area contributed by atoms with Gasteiger partial charge in [-0.2, -0.15) is 4.98 Å². The van der Waals surface area contributed by atoms with Gasteiger partial charge in [-0.3, -0.25) is 4.79 Å². The number of anilines is 1. The standard InChI is InChI=1S/C13H15N5O2/c1-8(19)16-9-3-4-10(15-7-9)11-17-12(18-20-11)13(14)5-2-6-13/h3-4,7H,2,5-6,14H2,1H3,(H,16,19). The van der Waals surface area contributed by atoms with Crippen LogP contribution in [0.25, 0.3) is 11.6 Å². The topological polar surface area (TPSA) is 107 Å². The largest absolute Gasteiger partial charge is 0.332 e. The smallest absolute Gasteiger partial charge is 0.276 e. The summed E-state index contributed by atoms with van der Waals surface area (Å²) < 4.78 is 5.20. The quantitative estimate of drug-likeness (QED) is 0.876. The molecular formula is C13H15N5O2. The predicted molar refractivity (Wildman–Crippen MR) is 71.5 cm³/mol. The molecule has 3 N–H and O–H groups in total. The Kier molecular flexibility index (Phi) is 2.98. The Labute approximate surface area is 115 Å². The number of nitrogens with zero attached hydrogens (tertiary/aromatic N) is 3. The van der Waals surface area contributed by atoms with Crippen LogP contribution >= 0.6 is 0 Å². The highest BCUT2D eigenvalue weighted by molar-refractivity contribution is 5.88. The molecule has 0 radical (unpaired) electrons. The highest BCUT2D eigenvalue weighted by Gasteiger charge is 2.39. The van der Waals surface area contributed by atoms with Crippen molar-refractivity contribution < 1.29 is 9.32 Å². The number of hydrogen-bond donors (Lipinski definition) is 2. The molecule has 0 saturated heterocycles. The third-order valence-corrected chi connectivity index (χ3v) is 3.42. The number of aromatic nitrogens is 3. The van der Waals surface area contributed by atoms with Gasteiger partial charge in [-0.05, 0) is 31.4 Å². The minimum Gasteiger partial charge on any atom is -0.332 e. The molecule has 7 nitrogen and oxygen atoms in total. The van der Waals surface area contributed by atoms with E-state index in [0.29, 0.717) is 23.1 Å². The molecule has 2 heterocycles. The van der Waals surface area contributed by atoms with E-state index in [-0.39, 0.29) is 5.91 Å². The van der Waals surface area contributed by atoms with Crippen molar-refractivity contribution in [2.45, 2.75) is 31.7 Å². The molecule has 1 amide bonds. The third kappa shape index (κ3) is 2.27. The molecule has 0 bridgehead atoms. The first kappa shape index (κ1) is 12.7. The molecule has 0 spiro atoms. The molecule has 2 aromatic heterocycles. The van der Waals surface area contributed by atoms with Crippen molar-refractivity contribution in [3.63, 3.8) is 0 Å². The van der Waals surface area contributed by atoms with Gasteiger partial charge in [-0.1, -0.05) is 5.16 Å². The van der Waals surface area contributed by atoms with Crippen LogP contribution in [0.3, 0.4) is 0 Å². The summed E-state index contributed by atoms with van der Waals surface area (Å²) in [6, 6.07) is 3.45. The van der Waals surface area contributed by atoms with Crippen LogP contribution in [0, 0.1) is 0 Å². The second-order valence-corrected chi connectivity index (χ2v) is 5.05. The predicted octanol–water partition coefficient (Wildman–Crippen LogP) is 1.43. The number of nitrogens with one attached hydrogen (secondary N) is 1. The Morgan fingerprint density at radius 2 is 2.25 bits per heavy atom. The maximum Gasteiger partial charge on any atom is 0.276 e. The molecule has 0 atom stereocenters. The molecular weight excluding hydrogens is 258 g/mol. The highest BCUT2D eigenvalue weighted by Crippen LogP contribution is 2.37. The van der Waals surface area contributed by atoms with Gasteiger partial charge in [-0.15, -0.1) is 0 Å².